The fourth-order valence-electron chi connectivity index (χ4n) is 2.26. The molecule has 0 spiro atoms. The van der Waals surface area contributed by atoms with Crippen LogP contribution >= 0.6 is 0 Å². The Hall–Kier alpha value is -1.10. The standard InChI is InChI=1S/C13H23NO4/c1-10(2)18-9-4-6-11(15)14-8-5-7-13(14,3)12(16)17/h10H,4-9H2,1-3H3,(H,16,17). The van der Waals surface area contributed by atoms with Crippen LogP contribution in [0.3, 0.4) is 0 Å². The molecule has 1 aliphatic rings. The van der Waals surface area contributed by atoms with Crippen LogP contribution in [-0.4, -0.2) is 46.7 Å². The van der Waals surface area contributed by atoms with Crippen LogP contribution in [0.5, 0.6) is 0 Å². The smallest absolute Gasteiger partial charge is 0.329 e. The molecule has 0 bridgehead atoms. The molecule has 1 heterocycles. The van der Waals surface area contributed by atoms with Crippen LogP contribution < -0.4 is 0 Å². The Bertz CT molecular complexity index is 316. The van der Waals surface area contributed by atoms with Crippen molar-refractivity contribution in [1.82, 2.24) is 4.90 Å². The number of rotatable bonds is 6. The molecule has 0 aliphatic carbocycles. The Balaban J connectivity index is 2.44. The van der Waals surface area contributed by atoms with Gasteiger partial charge in [0.25, 0.3) is 0 Å². The Morgan fingerprint density at radius 2 is 2.11 bits per heavy atom. The Kier molecular flexibility index (Phi) is 5.14. The summed E-state index contributed by atoms with van der Waals surface area (Å²) < 4.78 is 5.37. The number of carboxylic acid groups (broad SMARTS) is 1. The molecule has 1 aliphatic heterocycles. The largest absolute Gasteiger partial charge is 0.480 e. The Morgan fingerprint density at radius 3 is 2.67 bits per heavy atom. The highest BCUT2D eigenvalue weighted by atomic mass is 16.5. The van der Waals surface area contributed by atoms with E-state index >= 15 is 0 Å². The summed E-state index contributed by atoms with van der Waals surface area (Å²) >= 11 is 0. The summed E-state index contributed by atoms with van der Waals surface area (Å²) in [4.78, 5) is 24.8. The molecule has 1 saturated heterocycles. The summed E-state index contributed by atoms with van der Waals surface area (Å²) in [6, 6.07) is 0. The van der Waals surface area contributed by atoms with E-state index in [0.717, 1.165) is 6.42 Å². The van der Waals surface area contributed by atoms with Crippen molar-refractivity contribution in [2.45, 2.75) is 58.1 Å². The van der Waals surface area contributed by atoms with Gasteiger partial charge < -0.3 is 14.7 Å². The molecule has 1 amide bonds. The van der Waals surface area contributed by atoms with Crippen molar-refractivity contribution in [2.75, 3.05) is 13.2 Å². The highest BCUT2D eigenvalue weighted by molar-refractivity contribution is 5.87. The van der Waals surface area contributed by atoms with E-state index in [-0.39, 0.29) is 12.0 Å². The quantitative estimate of drug-likeness (QED) is 0.735. The van der Waals surface area contributed by atoms with Crippen LogP contribution in [-0.2, 0) is 14.3 Å². The predicted octanol–water partition coefficient (Wildman–Crippen LogP) is 1.66. The Labute approximate surface area is 108 Å². The number of likely N-dealkylation sites (tertiary alicyclic amines) is 1. The summed E-state index contributed by atoms with van der Waals surface area (Å²) in [7, 11) is 0. The van der Waals surface area contributed by atoms with E-state index in [2.05, 4.69) is 0 Å². The zero-order valence-electron chi connectivity index (χ0n) is 11.4. The average Bonchev–Trinajstić information content (AvgIpc) is 2.67. The van der Waals surface area contributed by atoms with Gasteiger partial charge in [0.2, 0.25) is 5.91 Å². The molecule has 0 aromatic heterocycles. The molecule has 1 unspecified atom stereocenters. The molecular formula is C13H23NO4. The van der Waals surface area contributed by atoms with E-state index in [1.165, 1.54) is 4.90 Å². The first-order chi connectivity index (χ1) is 8.38. The summed E-state index contributed by atoms with van der Waals surface area (Å²) in [5.41, 5.74) is -1.02. The van der Waals surface area contributed by atoms with Crippen molar-refractivity contribution >= 4 is 11.9 Å². The molecule has 1 fully saturated rings. The Morgan fingerprint density at radius 1 is 1.44 bits per heavy atom. The van der Waals surface area contributed by atoms with Gasteiger partial charge in [0, 0.05) is 19.6 Å². The predicted molar refractivity (Wildman–Crippen MR) is 67.3 cm³/mol. The third kappa shape index (κ3) is 3.45. The van der Waals surface area contributed by atoms with Crippen LogP contribution in [0, 0.1) is 0 Å². The number of hydrogen-bond donors (Lipinski definition) is 1. The van der Waals surface area contributed by atoms with E-state index < -0.39 is 11.5 Å². The van der Waals surface area contributed by atoms with Crippen LogP contribution in [0.15, 0.2) is 0 Å². The van der Waals surface area contributed by atoms with E-state index in [1.54, 1.807) is 6.92 Å². The van der Waals surface area contributed by atoms with Crippen LogP contribution in [0.2, 0.25) is 0 Å². The van der Waals surface area contributed by atoms with Crippen LogP contribution in [0.1, 0.15) is 46.5 Å². The second-order valence-electron chi connectivity index (χ2n) is 5.25. The minimum Gasteiger partial charge on any atom is -0.480 e. The van der Waals surface area contributed by atoms with Gasteiger partial charge in [-0.3, -0.25) is 4.79 Å². The fraction of sp³-hybridized carbons (Fsp3) is 0.846. The molecule has 5 nitrogen and oxygen atoms in total. The molecule has 5 heteroatoms. The van der Waals surface area contributed by atoms with Gasteiger partial charge in [0.15, 0.2) is 0 Å². The second kappa shape index (κ2) is 6.18. The lowest BCUT2D eigenvalue weighted by molar-refractivity contribution is -0.155. The molecular weight excluding hydrogens is 234 g/mol. The monoisotopic (exact) mass is 257 g/mol. The number of carboxylic acids is 1. The second-order valence-corrected chi connectivity index (χ2v) is 5.25. The summed E-state index contributed by atoms with van der Waals surface area (Å²) in [6.45, 7) is 6.62. The number of carbonyl (C=O) groups excluding carboxylic acids is 1. The SMILES string of the molecule is CC(C)OCCCC(=O)N1CCCC1(C)C(=O)O. The zero-order chi connectivity index (χ0) is 13.8. The van der Waals surface area contributed by atoms with Gasteiger partial charge in [-0.15, -0.1) is 0 Å². The number of carbonyl (C=O) groups is 2. The molecule has 1 atom stereocenters. The van der Waals surface area contributed by atoms with Crippen molar-refractivity contribution in [3.05, 3.63) is 0 Å². The van der Waals surface area contributed by atoms with Crippen molar-refractivity contribution in [3.8, 4) is 0 Å². The summed E-state index contributed by atoms with van der Waals surface area (Å²) in [6.07, 6.45) is 2.46. The number of aliphatic carboxylic acids is 1. The number of ether oxygens (including phenoxy) is 1. The molecule has 1 N–H and O–H groups in total. The number of amides is 1. The van der Waals surface area contributed by atoms with Gasteiger partial charge in [0.05, 0.1) is 6.10 Å². The van der Waals surface area contributed by atoms with Crippen molar-refractivity contribution in [2.24, 2.45) is 0 Å². The maximum absolute atomic E-state index is 12.0. The first-order valence-electron chi connectivity index (χ1n) is 6.53. The number of hydrogen-bond acceptors (Lipinski definition) is 3. The minimum absolute atomic E-state index is 0.0789. The number of nitrogens with zero attached hydrogens (tertiary/aromatic N) is 1. The van der Waals surface area contributed by atoms with Crippen molar-refractivity contribution < 1.29 is 19.4 Å². The molecule has 18 heavy (non-hydrogen) atoms. The first kappa shape index (κ1) is 15.0. The van der Waals surface area contributed by atoms with E-state index in [9.17, 15) is 14.7 Å². The van der Waals surface area contributed by atoms with Gasteiger partial charge in [-0.25, -0.2) is 4.79 Å². The van der Waals surface area contributed by atoms with Gasteiger partial charge in [-0.1, -0.05) is 0 Å². The maximum Gasteiger partial charge on any atom is 0.329 e. The lowest BCUT2D eigenvalue weighted by Gasteiger charge is -2.31. The molecule has 0 saturated carbocycles. The lowest BCUT2D eigenvalue weighted by Crippen LogP contribution is -2.50. The van der Waals surface area contributed by atoms with E-state index in [0.29, 0.717) is 32.4 Å². The minimum atomic E-state index is -1.02. The normalized spacial score (nSPS) is 23.7. The van der Waals surface area contributed by atoms with Gasteiger partial charge >= 0.3 is 5.97 Å². The third-order valence-electron chi connectivity index (χ3n) is 3.39. The summed E-state index contributed by atoms with van der Waals surface area (Å²) in [5.74, 6) is -0.989. The van der Waals surface area contributed by atoms with Crippen molar-refractivity contribution in [1.29, 1.82) is 0 Å². The van der Waals surface area contributed by atoms with E-state index in [4.69, 9.17) is 4.74 Å². The van der Waals surface area contributed by atoms with Crippen LogP contribution in [0.25, 0.3) is 0 Å². The maximum atomic E-state index is 12.0. The average molecular weight is 257 g/mol. The molecule has 104 valence electrons. The van der Waals surface area contributed by atoms with Crippen LogP contribution in [0.4, 0.5) is 0 Å². The van der Waals surface area contributed by atoms with Gasteiger partial charge in [0.1, 0.15) is 5.54 Å². The lowest BCUT2D eigenvalue weighted by atomic mass is 9.99. The molecule has 1 rings (SSSR count). The fourth-order valence-corrected chi connectivity index (χ4v) is 2.26. The van der Waals surface area contributed by atoms with E-state index in [1.807, 2.05) is 13.8 Å². The summed E-state index contributed by atoms with van der Waals surface area (Å²) in [5, 5.41) is 9.22. The molecule has 0 aromatic carbocycles. The van der Waals surface area contributed by atoms with Crippen molar-refractivity contribution in [3.63, 3.8) is 0 Å². The molecule has 0 aromatic rings. The van der Waals surface area contributed by atoms with Gasteiger partial charge in [-0.2, -0.15) is 0 Å². The topological polar surface area (TPSA) is 66.8 Å². The van der Waals surface area contributed by atoms with Gasteiger partial charge in [-0.05, 0) is 40.0 Å². The first-order valence-corrected chi connectivity index (χ1v) is 6.53. The third-order valence-corrected chi connectivity index (χ3v) is 3.39. The molecule has 0 radical (unpaired) electrons. The zero-order valence-corrected chi connectivity index (χ0v) is 11.4. The highest BCUT2D eigenvalue weighted by Crippen LogP contribution is 2.29. The highest BCUT2D eigenvalue weighted by Gasteiger charge is 2.45.